The lowest BCUT2D eigenvalue weighted by Crippen LogP contribution is -2.42. The van der Waals surface area contributed by atoms with Crippen molar-refractivity contribution in [3.8, 4) is 0 Å². The predicted octanol–water partition coefficient (Wildman–Crippen LogP) is 2.67. The van der Waals surface area contributed by atoms with Crippen LogP contribution in [0.4, 0.5) is 10.1 Å². The van der Waals surface area contributed by atoms with E-state index in [-0.39, 0.29) is 16.2 Å². The van der Waals surface area contributed by atoms with Crippen LogP contribution in [0.3, 0.4) is 0 Å². The van der Waals surface area contributed by atoms with E-state index >= 15 is 0 Å². The topological polar surface area (TPSA) is 69.4 Å². The quantitative estimate of drug-likeness (QED) is 0.852. The van der Waals surface area contributed by atoms with Gasteiger partial charge in [-0.2, -0.15) is 0 Å². The van der Waals surface area contributed by atoms with Gasteiger partial charge in [0.1, 0.15) is 10.7 Å². The molecule has 3 rings (SSSR count). The minimum atomic E-state index is -3.68. The summed E-state index contributed by atoms with van der Waals surface area (Å²) in [5.41, 5.74) is 5.41. The molecule has 6 heteroatoms. The Balaban J connectivity index is 1.90. The molecular formula is C15H20FNO3S. The molecule has 0 radical (unpaired) electrons. The van der Waals surface area contributed by atoms with Crippen LogP contribution in [-0.2, 0) is 14.6 Å². The van der Waals surface area contributed by atoms with Crippen molar-refractivity contribution in [2.75, 3.05) is 12.3 Å². The molecule has 1 saturated carbocycles. The van der Waals surface area contributed by atoms with E-state index in [0.717, 1.165) is 31.7 Å². The van der Waals surface area contributed by atoms with Gasteiger partial charge in [-0.15, -0.1) is 0 Å². The molecule has 1 saturated heterocycles. The van der Waals surface area contributed by atoms with Crippen LogP contribution in [0.2, 0.25) is 0 Å². The summed E-state index contributed by atoms with van der Waals surface area (Å²) in [7, 11) is -3.68. The second-order valence-corrected chi connectivity index (χ2v) is 8.28. The number of rotatable bonds is 2. The van der Waals surface area contributed by atoms with E-state index in [1.165, 1.54) is 12.1 Å². The van der Waals surface area contributed by atoms with Gasteiger partial charge in [-0.25, -0.2) is 12.8 Å². The first kappa shape index (κ1) is 14.8. The number of nitrogen functional groups attached to an aromatic ring is 1. The van der Waals surface area contributed by atoms with Gasteiger partial charge in [-0.05, 0) is 43.9 Å². The molecule has 1 heterocycles. The maximum absolute atomic E-state index is 14.0. The normalized spacial score (nSPS) is 25.3. The lowest BCUT2D eigenvalue weighted by atomic mass is 9.92. The van der Waals surface area contributed by atoms with Gasteiger partial charge in [0.15, 0.2) is 9.84 Å². The SMILES string of the molecule is Nc1ccc(S(=O)(=O)C2CCOC3(CCCC3)C2)c(F)c1. The second-order valence-electron chi connectivity index (χ2n) is 6.09. The Hall–Kier alpha value is -1.14. The molecule has 4 nitrogen and oxygen atoms in total. The van der Waals surface area contributed by atoms with Crippen molar-refractivity contribution in [2.45, 2.75) is 54.3 Å². The summed E-state index contributed by atoms with van der Waals surface area (Å²) in [6, 6.07) is 3.77. The highest BCUT2D eigenvalue weighted by molar-refractivity contribution is 7.92. The molecule has 1 unspecified atom stereocenters. The minimum Gasteiger partial charge on any atom is -0.399 e. The molecule has 1 aliphatic carbocycles. The van der Waals surface area contributed by atoms with Crippen molar-refractivity contribution in [1.29, 1.82) is 0 Å². The fraction of sp³-hybridized carbons (Fsp3) is 0.600. The largest absolute Gasteiger partial charge is 0.399 e. The number of hydrogen-bond donors (Lipinski definition) is 1. The third kappa shape index (κ3) is 2.66. The van der Waals surface area contributed by atoms with Gasteiger partial charge >= 0.3 is 0 Å². The summed E-state index contributed by atoms with van der Waals surface area (Å²) in [5, 5.41) is -0.567. The van der Waals surface area contributed by atoms with E-state index in [0.29, 0.717) is 19.4 Å². The Kier molecular flexibility index (Phi) is 3.69. The van der Waals surface area contributed by atoms with Crippen LogP contribution >= 0.6 is 0 Å². The Labute approximate surface area is 124 Å². The molecule has 1 aromatic carbocycles. The van der Waals surface area contributed by atoms with Crippen LogP contribution in [0.15, 0.2) is 23.1 Å². The van der Waals surface area contributed by atoms with Crippen LogP contribution in [-0.4, -0.2) is 25.9 Å². The molecule has 2 fully saturated rings. The lowest BCUT2D eigenvalue weighted by Gasteiger charge is -2.38. The highest BCUT2D eigenvalue weighted by Gasteiger charge is 2.44. The van der Waals surface area contributed by atoms with Crippen molar-refractivity contribution in [3.05, 3.63) is 24.0 Å². The summed E-state index contributed by atoms with van der Waals surface area (Å²) in [6.07, 6.45) is 4.85. The third-order valence-electron chi connectivity index (χ3n) is 4.66. The molecule has 0 bridgehead atoms. The van der Waals surface area contributed by atoms with E-state index in [4.69, 9.17) is 10.5 Å². The number of anilines is 1. The maximum atomic E-state index is 14.0. The summed E-state index contributed by atoms with van der Waals surface area (Å²) >= 11 is 0. The summed E-state index contributed by atoms with van der Waals surface area (Å²) < 4.78 is 45.3. The van der Waals surface area contributed by atoms with Crippen molar-refractivity contribution in [3.63, 3.8) is 0 Å². The molecule has 1 aliphatic heterocycles. The first-order valence-corrected chi connectivity index (χ1v) is 8.91. The fourth-order valence-electron chi connectivity index (χ4n) is 3.54. The molecule has 1 aromatic rings. The molecule has 1 atom stereocenters. The van der Waals surface area contributed by atoms with Gasteiger partial charge in [0.2, 0.25) is 0 Å². The number of nitrogens with two attached hydrogens (primary N) is 1. The number of hydrogen-bond acceptors (Lipinski definition) is 4. The monoisotopic (exact) mass is 313 g/mol. The van der Waals surface area contributed by atoms with E-state index in [1.54, 1.807) is 0 Å². The van der Waals surface area contributed by atoms with E-state index < -0.39 is 20.9 Å². The standard InChI is InChI=1S/C15H20FNO3S/c16-13-9-11(17)3-4-14(13)21(18,19)12-5-8-20-15(10-12)6-1-2-7-15/h3-4,9,12H,1-2,5-8,10,17H2. The van der Waals surface area contributed by atoms with Crippen molar-refractivity contribution < 1.29 is 17.5 Å². The summed E-state index contributed by atoms with van der Waals surface area (Å²) in [6.45, 7) is 0.431. The summed E-state index contributed by atoms with van der Waals surface area (Å²) in [4.78, 5) is -0.239. The van der Waals surface area contributed by atoms with Crippen molar-refractivity contribution >= 4 is 15.5 Å². The van der Waals surface area contributed by atoms with Crippen LogP contribution < -0.4 is 5.73 Å². The van der Waals surface area contributed by atoms with Crippen LogP contribution in [0.25, 0.3) is 0 Å². The van der Waals surface area contributed by atoms with Gasteiger partial charge in [0.05, 0.1) is 10.9 Å². The second kappa shape index (κ2) is 5.25. The molecule has 0 aromatic heterocycles. The van der Waals surface area contributed by atoms with Gasteiger partial charge in [-0.1, -0.05) is 12.8 Å². The molecule has 116 valence electrons. The Morgan fingerprint density at radius 1 is 1.29 bits per heavy atom. The average Bonchev–Trinajstić information content (AvgIpc) is 2.86. The maximum Gasteiger partial charge on any atom is 0.184 e. The molecule has 2 N–H and O–H groups in total. The number of sulfone groups is 1. The fourth-order valence-corrected chi connectivity index (χ4v) is 5.42. The zero-order chi connectivity index (χ0) is 15.1. The van der Waals surface area contributed by atoms with Crippen molar-refractivity contribution in [2.24, 2.45) is 0 Å². The lowest BCUT2D eigenvalue weighted by molar-refractivity contribution is -0.0713. The minimum absolute atomic E-state index is 0.227. The molecular weight excluding hydrogens is 293 g/mol. The Morgan fingerprint density at radius 2 is 2.00 bits per heavy atom. The smallest absolute Gasteiger partial charge is 0.184 e. The first-order chi connectivity index (χ1) is 9.93. The summed E-state index contributed by atoms with van der Waals surface area (Å²) in [5.74, 6) is -0.762. The van der Waals surface area contributed by atoms with Gasteiger partial charge in [-0.3, -0.25) is 0 Å². The molecule has 2 aliphatic rings. The highest BCUT2D eigenvalue weighted by atomic mass is 32.2. The van der Waals surface area contributed by atoms with Crippen LogP contribution in [0.5, 0.6) is 0 Å². The van der Waals surface area contributed by atoms with Gasteiger partial charge < -0.3 is 10.5 Å². The zero-order valence-electron chi connectivity index (χ0n) is 11.8. The first-order valence-electron chi connectivity index (χ1n) is 7.36. The predicted molar refractivity (Wildman–Crippen MR) is 78.2 cm³/mol. The van der Waals surface area contributed by atoms with E-state index in [1.807, 2.05) is 0 Å². The third-order valence-corrected chi connectivity index (χ3v) is 6.89. The number of ether oxygens (including phenoxy) is 1. The van der Waals surface area contributed by atoms with Gasteiger partial charge in [0.25, 0.3) is 0 Å². The zero-order valence-corrected chi connectivity index (χ0v) is 12.7. The molecule has 21 heavy (non-hydrogen) atoms. The molecule has 0 amide bonds. The van der Waals surface area contributed by atoms with Crippen LogP contribution in [0, 0.1) is 5.82 Å². The van der Waals surface area contributed by atoms with E-state index in [2.05, 4.69) is 0 Å². The molecule has 1 spiro atoms. The van der Waals surface area contributed by atoms with Crippen LogP contribution in [0.1, 0.15) is 38.5 Å². The average molecular weight is 313 g/mol. The Bertz CT molecular complexity index is 638. The van der Waals surface area contributed by atoms with E-state index in [9.17, 15) is 12.8 Å². The van der Waals surface area contributed by atoms with Gasteiger partial charge in [0, 0.05) is 12.3 Å². The highest BCUT2D eigenvalue weighted by Crippen LogP contribution is 2.42. The van der Waals surface area contributed by atoms with Crippen molar-refractivity contribution in [1.82, 2.24) is 0 Å². The number of halogens is 1. The number of benzene rings is 1. The Morgan fingerprint density at radius 3 is 2.67 bits per heavy atom.